The van der Waals surface area contributed by atoms with E-state index in [1.807, 2.05) is 12.3 Å². The lowest BCUT2D eigenvalue weighted by Crippen LogP contribution is -2.07. The number of hydrogen-bond acceptors (Lipinski definition) is 1. The molecule has 20 heavy (non-hydrogen) atoms. The molecule has 1 aromatic heterocycles. The molecule has 0 fully saturated rings. The van der Waals surface area contributed by atoms with Crippen molar-refractivity contribution in [2.24, 2.45) is 4.99 Å². The summed E-state index contributed by atoms with van der Waals surface area (Å²) in [6.45, 7) is 2.14. The molecule has 1 aromatic carbocycles. The number of nitrogens with zero attached hydrogens (tertiary/aromatic N) is 1. The van der Waals surface area contributed by atoms with Gasteiger partial charge in [0.15, 0.2) is 0 Å². The first-order chi connectivity index (χ1) is 9.79. The molecule has 3 rings (SSSR count). The smallest absolute Gasteiger partial charge is 0.0900 e. The van der Waals surface area contributed by atoms with E-state index in [0.29, 0.717) is 0 Å². The number of halogens is 1. The van der Waals surface area contributed by atoms with Crippen LogP contribution < -0.4 is 0 Å². The number of aliphatic imine (C=N–C) groups is 1. The minimum Gasteiger partial charge on any atom is -0.356 e. The first-order valence-corrected chi connectivity index (χ1v) is 8.07. The first kappa shape index (κ1) is 13.6. The standard InChI is InChI=1S/C17H19BrN2/c1-2-3-4-10-19-16-7-5-6-13-14-11-12(18)8-9-15(14)20-17(13)16/h3-4,8-11,16,20H,2,5-7H2,1H3/b4-3-,19-10?. The number of aromatic amines is 1. The summed E-state index contributed by atoms with van der Waals surface area (Å²) in [5.41, 5.74) is 3.99. The molecule has 104 valence electrons. The van der Waals surface area contributed by atoms with Crippen LogP contribution in [0.1, 0.15) is 43.5 Å². The quantitative estimate of drug-likeness (QED) is 0.735. The fourth-order valence-corrected chi connectivity index (χ4v) is 3.27. The molecule has 0 amide bonds. The Morgan fingerprint density at radius 1 is 1.45 bits per heavy atom. The van der Waals surface area contributed by atoms with Gasteiger partial charge in [0.05, 0.1) is 6.04 Å². The van der Waals surface area contributed by atoms with Gasteiger partial charge < -0.3 is 4.98 Å². The van der Waals surface area contributed by atoms with Crippen LogP contribution in [0.5, 0.6) is 0 Å². The van der Waals surface area contributed by atoms with Gasteiger partial charge in [-0.05, 0) is 55.5 Å². The second-order valence-electron chi connectivity index (χ2n) is 5.25. The van der Waals surface area contributed by atoms with Crippen LogP contribution in [-0.2, 0) is 6.42 Å². The zero-order valence-electron chi connectivity index (χ0n) is 11.7. The van der Waals surface area contributed by atoms with Crippen molar-refractivity contribution in [1.29, 1.82) is 0 Å². The predicted molar refractivity (Wildman–Crippen MR) is 89.6 cm³/mol. The van der Waals surface area contributed by atoms with Crippen molar-refractivity contribution in [2.45, 2.75) is 38.6 Å². The monoisotopic (exact) mass is 330 g/mol. The van der Waals surface area contributed by atoms with E-state index in [0.717, 1.165) is 23.7 Å². The zero-order valence-corrected chi connectivity index (χ0v) is 13.3. The normalized spacial score (nSPS) is 19.2. The molecule has 0 saturated carbocycles. The molecule has 2 nitrogen and oxygen atoms in total. The number of aryl methyl sites for hydroxylation is 1. The third kappa shape index (κ3) is 2.59. The molecule has 1 N–H and O–H groups in total. The van der Waals surface area contributed by atoms with Gasteiger partial charge in [-0.25, -0.2) is 0 Å². The van der Waals surface area contributed by atoms with Crippen LogP contribution in [0.2, 0.25) is 0 Å². The highest BCUT2D eigenvalue weighted by Gasteiger charge is 2.23. The van der Waals surface area contributed by atoms with Gasteiger partial charge in [-0.3, -0.25) is 4.99 Å². The summed E-state index contributed by atoms with van der Waals surface area (Å²) in [6.07, 6.45) is 10.7. The second kappa shape index (κ2) is 5.96. The van der Waals surface area contributed by atoms with Crippen LogP contribution in [0.25, 0.3) is 10.9 Å². The van der Waals surface area contributed by atoms with Gasteiger partial charge in [-0.2, -0.15) is 0 Å². The van der Waals surface area contributed by atoms with Crippen molar-refractivity contribution in [1.82, 2.24) is 4.98 Å². The Morgan fingerprint density at radius 2 is 2.35 bits per heavy atom. The fourth-order valence-electron chi connectivity index (χ4n) is 2.91. The van der Waals surface area contributed by atoms with Gasteiger partial charge >= 0.3 is 0 Å². The van der Waals surface area contributed by atoms with Crippen LogP contribution in [0.15, 0.2) is 39.8 Å². The van der Waals surface area contributed by atoms with Crippen molar-refractivity contribution in [2.75, 3.05) is 0 Å². The van der Waals surface area contributed by atoms with Crippen LogP contribution in [0.4, 0.5) is 0 Å². The predicted octanol–water partition coefficient (Wildman–Crippen LogP) is 5.34. The second-order valence-corrected chi connectivity index (χ2v) is 6.17. The van der Waals surface area contributed by atoms with Crippen LogP contribution in [-0.4, -0.2) is 11.2 Å². The van der Waals surface area contributed by atoms with Gasteiger partial charge in [-0.1, -0.05) is 28.9 Å². The van der Waals surface area contributed by atoms with E-state index in [2.05, 4.69) is 52.1 Å². The number of benzene rings is 1. The number of H-pyrrole nitrogens is 1. The number of fused-ring (bicyclic) bond motifs is 3. The SMILES string of the molecule is CC/C=C\C=NC1CCCc2c1[nH]c1ccc(Br)cc21. The summed E-state index contributed by atoms with van der Waals surface area (Å²) in [5.74, 6) is 0. The van der Waals surface area contributed by atoms with E-state index in [9.17, 15) is 0 Å². The highest BCUT2D eigenvalue weighted by Crippen LogP contribution is 2.37. The molecule has 3 heteroatoms. The van der Waals surface area contributed by atoms with Gasteiger partial charge in [0.2, 0.25) is 0 Å². The van der Waals surface area contributed by atoms with Gasteiger partial charge in [0.25, 0.3) is 0 Å². The average Bonchev–Trinajstić information content (AvgIpc) is 2.82. The summed E-state index contributed by atoms with van der Waals surface area (Å²) in [4.78, 5) is 8.30. The highest BCUT2D eigenvalue weighted by atomic mass is 79.9. The summed E-state index contributed by atoms with van der Waals surface area (Å²) >= 11 is 3.57. The number of rotatable bonds is 3. The number of nitrogens with one attached hydrogen (secondary N) is 1. The zero-order chi connectivity index (χ0) is 13.9. The molecule has 1 atom stereocenters. The Kier molecular flexibility index (Phi) is 4.06. The van der Waals surface area contributed by atoms with Crippen LogP contribution in [0, 0.1) is 0 Å². The third-order valence-corrected chi connectivity index (χ3v) is 4.36. The van der Waals surface area contributed by atoms with E-state index in [1.165, 1.54) is 28.6 Å². The topological polar surface area (TPSA) is 28.1 Å². The first-order valence-electron chi connectivity index (χ1n) is 7.28. The Labute approximate surface area is 128 Å². The summed E-state index contributed by atoms with van der Waals surface area (Å²) in [7, 11) is 0. The van der Waals surface area contributed by atoms with Crippen molar-refractivity contribution in [3.63, 3.8) is 0 Å². The van der Waals surface area contributed by atoms with E-state index in [4.69, 9.17) is 4.99 Å². The van der Waals surface area contributed by atoms with Gasteiger partial charge in [0, 0.05) is 27.3 Å². The molecule has 0 radical (unpaired) electrons. The highest BCUT2D eigenvalue weighted by molar-refractivity contribution is 9.10. The van der Waals surface area contributed by atoms with E-state index >= 15 is 0 Å². The van der Waals surface area contributed by atoms with Crippen molar-refractivity contribution in [3.05, 3.63) is 46.1 Å². The summed E-state index contributed by atoms with van der Waals surface area (Å²) in [5, 5.41) is 1.35. The molecular formula is C17H19BrN2. The Hall–Kier alpha value is -1.35. The van der Waals surface area contributed by atoms with Crippen LogP contribution >= 0.6 is 15.9 Å². The number of allylic oxidation sites excluding steroid dienone is 2. The van der Waals surface area contributed by atoms with E-state index in [1.54, 1.807) is 0 Å². The molecule has 0 spiro atoms. The number of aromatic nitrogens is 1. The molecule has 1 aliphatic carbocycles. The van der Waals surface area contributed by atoms with E-state index in [-0.39, 0.29) is 6.04 Å². The van der Waals surface area contributed by atoms with Gasteiger partial charge in [-0.15, -0.1) is 0 Å². The Morgan fingerprint density at radius 3 is 3.20 bits per heavy atom. The third-order valence-electron chi connectivity index (χ3n) is 3.86. The van der Waals surface area contributed by atoms with Crippen molar-refractivity contribution >= 4 is 33.0 Å². The lowest BCUT2D eigenvalue weighted by atomic mass is 9.92. The maximum absolute atomic E-state index is 4.72. The van der Waals surface area contributed by atoms with Crippen molar-refractivity contribution in [3.8, 4) is 0 Å². The van der Waals surface area contributed by atoms with Gasteiger partial charge in [0.1, 0.15) is 0 Å². The molecule has 1 aliphatic rings. The minimum absolute atomic E-state index is 0.284. The summed E-state index contributed by atoms with van der Waals surface area (Å²) in [6, 6.07) is 6.74. The molecule has 0 aliphatic heterocycles. The lowest BCUT2D eigenvalue weighted by molar-refractivity contribution is 0.566. The van der Waals surface area contributed by atoms with Crippen molar-refractivity contribution < 1.29 is 0 Å². The largest absolute Gasteiger partial charge is 0.356 e. The maximum Gasteiger partial charge on any atom is 0.0900 e. The molecule has 1 heterocycles. The molecule has 0 bridgehead atoms. The Bertz CT molecular complexity index is 667. The fraction of sp³-hybridized carbons (Fsp3) is 0.353. The van der Waals surface area contributed by atoms with E-state index < -0.39 is 0 Å². The Balaban J connectivity index is 1.98. The molecular weight excluding hydrogens is 312 g/mol. The number of hydrogen-bond donors (Lipinski definition) is 1. The molecule has 0 saturated heterocycles. The summed E-state index contributed by atoms with van der Waals surface area (Å²) < 4.78 is 1.14. The lowest BCUT2D eigenvalue weighted by Gasteiger charge is -2.18. The average molecular weight is 331 g/mol. The maximum atomic E-state index is 4.72. The molecule has 2 aromatic rings. The minimum atomic E-state index is 0.284. The van der Waals surface area contributed by atoms with Crippen LogP contribution in [0.3, 0.4) is 0 Å². The molecule has 1 unspecified atom stereocenters.